The Morgan fingerprint density at radius 3 is 2.67 bits per heavy atom. The first kappa shape index (κ1) is 24.6. The smallest absolute Gasteiger partial charge is 0.345 e. The standard InChI is InChI=1S/C27H27ClO8/c1-24(13-12-16-8-4-6-10-18(16)29)15-25(23(32)34-3)14-20(33-2)26(24,28)22(31)27(25)35-19-11-7-5-9-17(19)21(30)36-27/h5,7,9,11,13-14,18,29H,4,6,8,10,15H2,1-3H3/t12?,18-,24+,25-,26+,27+/m1/s1. The Bertz CT molecular complexity index is 1260. The van der Waals surface area contributed by atoms with E-state index in [1.807, 2.05) is 0 Å². The van der Waals surface area contributed by atoms with Crippen LogP contribution in [0.5, 0.6) is 5.75 Å². The molecular weight excluding hydrogens is 488 g/mol. The molecule has 2 fully saturated rings. The maximum absolute atomic E-state index is 14.4. The zero-order chi connectivity index (χ0) is 25.9. The van der Waals surface area contributed by atoms with Crippen LogP contribution in [0.4, 0.5) is 0 Å². The van der Waals surface area contributed by atoms with Gasteiger partial charge in [-0.2, -0.15) is 0 Å². The first-order valence-corrected chi connectivity index (χ1v) is 12.2. The molecule has 9 heteroatoms. The van der Waals surface area contributed by atoms with Crippen LogP contribution in [-0.2, 0) is 23.8 Å². The minimum atomic E-state index is -2.40. The highest BCUT2D eigenvalue weighted by Crippen LogP contribution is 2.67. The van der Waals surface area contributed by atoms with E-state index in [2.05, 4.69) is 5.73 Å². The molecule has 5 aliphatic rings. The molecule has 36 heavy (non-hydrogen) atoms. The second-order valence-corrected chi connectivity index (χ2v) is 10.5. The molecular formula is C27H27ClO8. The Kier molecular flexibility index (Phi) is 5.63. The summed E-state index contributed by atoms with van der Waals surface area (Å²) >= 11 is 7.17. The first-order valence-electron chi connectivity index (χ1n) is 11.8. The zero-order valence-corrected chi connectivity index (χ0v) is 21.0. The summed E-state index contributed by atoms with van der Waals surface area (Å²) in [6, 6.07) is 6.30. The second-order valence-electron chi connectivity index (χ2n) is 9.94. The van der Waals surface area contributed by atoms with E-state index in [0.717, 1.165) is 12.8 Å². The SMILES string of the molecule is COC(=O)[C@]12C=C(OC)[C@](Cl)(C(=O)[C@]13OC(=O)c1ccccc1O3)[C@@](C)(C=C=C1CCCC[C@H]1O)C2. The summed E-state index contributed by atoms with van der Waals surface area (Å²) in [5.74, 6) is -4.82. The molecule has 1 aliphatic heterocycles. The number of halogens is 1. The number of alkyl halides is 1. The summed E-state index contributed by atoms with van der Waals surface area (Å²) in [6.45, 7) is 1.70. The van der Waals surface area contributed by atoms with Crippen molar-refractivity contribution in [1.82, 2.24) is 0 Å². The van der Waals surface area contributed by atoms with Crippen LogP contribution < -0.4 is 4.74 Å². The van der Waals surface area contributed by atoms with E-state index < -0.39 is 45.3 Å². The van der Waals surface area contributed by atoms with Crippen molar-refractivity contribution in [1.29, 1.82) is 0 Å². The third kappa shape index (κ3) is 3.01. The van der Waals surface area contributed by atoms with Crippen molar-refractivity contribution < 1.29 is 38.4 Å². The monoisotopic (exact) mass is 514 g/mol. The highest BCUT2D eigenvalue weighted by molar-refractivity contribution is 6.41. The van der Waals surface area contributed by atoms with Gasteiger partial charge in [0.1, 0.15) is 17.1 Å². The first-order chi connectivity index (χ1) is 17.1. The van der Waals surface area contributed by atoms with Crippen molar-refractivity contribution in [3.05, 3.63) is 59.0 Å². The summed E-state index contributed by atoms with van der Waals surface area (Å²) in [4.78, 5) is 39.1. The summed E-state index contributed by atoms with van der Waals surface area (Å²) in [5, 5.41) is 10.4. The van der Waals surface area contributed by atoms with Crippen molar-refractivity contribution in [2.75, 3.05) is 14.2 Å². The number of methoxy groups -OCH3 is 2. The van der Waals surface area contributed by atoms with Crippen LogP contribution in [-0.4, -0.2) is 53.8 Å². The maximum Gasteiger partial charge on any atom is 0.345 e. The molecule has 2 bridgehead atoms. The van der Waals surface area contributed by atoms with Crippen molar-refractivity contribution in [2.24, 2.45) is 10.8 Å². The predicted octanol–water partition coefficient (Wildman–Crippen LogP) is 3.61. The van der Waals surface area contributed by atoms with E-state index in [0.29, 0.717) is 18.4 Å². The minimum absolute atomic E-state index is 0.0182. The Morgan fingerprint density at radius 2 is 1.97 bits per heavy atom. The fraction of sp³-hybridized carbons (Fsp3) is 0.481. The zero-order valence-electron chi connectivity index (χ0n) is 20.3. The Hall–Kier alpha value is -3.06. The molecule has 1 heterocycles. The fourth-order valence-electron chi connectivity index (χ4n) is 5.94. The normalized spacial score (nSPS) is 36.8. The molecule has 0 amide bonds. The van der Waals surface area contributed by atoms with Gasteiger partial charge < -0.3 is 24.1 Å². The van der Waals surface area contributed by atoms with Crippen molar-refractivity contribution in [3.8, 4) is 5.75 Å². The minimum Gasteiger partial charge on any atom is -0.499 e. The van der Waals surface area contributed by atoms with Crippen LogP contribution in [0.2, 0.25) is 0 Å². The van der Waals surface area contributed by atoms with E-state index in [-0.39, 0.29) is 23.5 Å². The fourth-order valence-corrected chi connectivity index (χ4v) is 6.32. The molecule has 6 rings (SSSR count). The average Bonchev–Trinajstić information content (AvgIpc) is 2.87. The van der Waals surface area contributed by atoms with E-state index in [9.17, 15) is 19.5 Å². The summed E-state index contributed by atoms with van der Waals surface area (Å²) in [7, 11) is 2.52. The van der Waals surface area contributed by atoms with Gasteiger partial charge in [0.25, 0.3) is 0 Å². The highest BCUT2D eigenvalue weighted by Gasteiger charge is 2.83. The van der Waals surface area contributed by atoms with E-state index in [1.54, 1.807) is 25.1 Å². The number of aliphatic hydroxyl groups excluding tert-OH is 1. The number of ether oxygens (including phenoxy) is 4. The summed E-state index contributed by atoms with van der Waals surface area (Å²) < 4.78 is 22.5. The molecule has 190 valence electrons. The van der Waals surface area contributed by atoms with Crippen LogP contribution in [0.15, 0.2) is 53.5 Å². The van der Waals surface area contributed by atoms with Crippen molar-refractivity contribution >= 4 is 29.3 Å². The molecule has 1 N–H and O–H groups in total. The number of esters is 2. The quantitative estimate of drug-likeness (QED) is 0.370. The van der Waals surface area contributed by atoms with Crippen LogP contribution >= 0.6 is 11.6 Å². The van der Waals surface area contributed by atoms with Crippen LogP contribution in [0.3, 0.4) is 0 Å². The van der Waals surface area contributed by atoms with E-state index in [4.69, 9.17) is 30.5 Å². The number of hydrogen-bond donors (Lipinski definition) is 1. The van der Waals surface area contributed by atoms with Crippen molar-refractivity contribution in [3.63, 3.8) is 0 Å². The number of rotatable bonds is 3. The topological polar surface area (TPSA) is 108 Å². The lowest BCUT2D eigenvalue weighted by Gasteiger charge is -2.61. The molecule has 0 radical (unpaired) electrons. The van der Waals surface area contributed by atoms with Crippen LogP contribution in [0.25, 0.3) is 0 Å². The highest BCUT2D eigenvalue weighted by atomic mass is 35.5. The van der Waals surface area contributed by atoms with Gasteiger partial charge in [0, 0.05) is 5.41 Å². The van der Waals surface area contributed by atoms with Gasteiger partial charge in [-0.05, 0) is 55.5 Å². The number of hydrogen-bond acceptors (Lipinski definition) is 8. The average molecular weight is 515 g/mol. The van der Waals surface area contributed by atoms with Crippen LogP contribution in [0.1, 0.15) is 49.4 Å². The van der Waals surface area contributed by atoms with E-state index in [1.165, 1.54) is 32.4 Å². The van der Waals surface area contributed by atoms with Crippen molar-refractivity contribution in [2.45, 2.75) is 55.8 Å². The Morgan fingerprint density at radius 1 is 1.22 bits per heavy atom. The molecule has 1 spiro atoms. The number of ketones is 1. The molecule has 0 aromatic heterocycles. The van der Waals surface area contributed by atoms with E-state index >= 15 is 0 Å². The van der Waals surface area contributed by atoms with Crippen LogP contribution in [0, 0.1) is 10.8 Å². The molecule has 0 unspecified atom stereocenters. The second kappa shape index (κ2) is 8.23. The number of carbonyl (C=O) groups excluding carboxylic acids is 3. The maximum atomic E-state index is 14.4. The Labute approximate surface area is 213 Å². The lowest BCUT2D eigenvalue weighted by molar-refractivity contribution is -0.244. The van der Waals surface area contributed by atoms with Gasteiger partial charge in [-0.15, -0.1) is 17.3 Å². The third-order valence-corrected chi connectivity index (χ3v) is 8.66. The van der Waals surface area contributed by atoms with Gasteiger partial charge in [-0.3, -0.25) is 9.59 Å². The number of benzene rings is 1. The number of fused-ring (bicyclic) bond motifs is 2. The predicted molar refractivity (Wildman–Crippen MR) is 127 cm³/mol. The number of Topliss-reactive ketones (excluding diaryl/α,β-unsaturated/α-hetero) is 1. The van der Waals surface area contributed by atoms with Gasteiger partial charge in [-0.1, -0.05) is 25.5 Å². The third-order valence-electron chi connectivity index (χ3n) is 7.87. The number of carbonyl (C=O) groups is 3. The molecule has 1 aromatic carbocycles. The van der Waals surface area contributed by atoms with Gasteiger partial charge in [0.2, 0.25) is 5.78 Å². The molecule has 8 nitrogen and oxygen atoms in total. The molecule has 2 saturated carbocycles. The lowest BCUT2D eigenvalue weighted by Crippen LogP contribution is -2.79. The van der Waals surface area contributed by atoms with Gasteiger partial charge in [-0.25, -0.2) is 4.79 Å². The molecule has 5 atom stereocenters. The summed E-state index contributed by atoms with van der Waals surface area (Å²) in [6.07, 6.45) is 5.36. The molecule has 0 saturated heterocycles. The molecule has 4 aliphatic carbocycles. The van der Waals surface area contributed by atoms with Gasteiger partial charge >= 0.3 is 17.7 Å². The number of allylic oxidation sites excluding steroid dienone is 1. The number of aliphatic hydroxyl groups is 1. The summed E-state index contributed by atoms with van der Waals surface area (Å²) in [5.41, 5.74) is 0.836. The largest absolute Gasteiger partial charge is 0.499 e. The molecule has 1 aromatic rings. The lowest BCUT2D eigenvalue weighted by atomic mass is 9.49. The Balaban J connectivity index is 1.75. The van der Waals surface area contributed by atoms with Gasteiger partial charge in [0.05, 0.1) is 20.3 Å². The number of para-hydroxylation sites is 1. The van der Waals surface area contributed by atoms with Gasteiger partial charge in [0.15, 0.2) is 10.3 Å².